The molecule has 0 heterocycles. The highest BCUT2D eigenvalue weighted by Gasteiger charge is 2.05. The van der Waals surface area contributed by atoms with Crippen LogP contribution in [-0.2, 0) is 9.59 Å². The lowest BCUT2D eigenvalue weighted by molar-refractivity contribution is -0.133. The summed E-state index contributed by atoms with van der Waals surface area (Å²) in [5.41, 5.74) is 10.1. The van der Waals surface area contributed by atoms with Crippen molar-refractivity contribution in [3.05, 3.63) is 11.6 Å². The van der Waals surface area contributed by atoms with Crippen LogP contribution < -0.4 is 10.7 Å². The molecule has 3 N–H and O–H groups in total. The molecule has 2 amide bonds. The maximum absolute atomic E-state index is 11.3. The van der Waals surface area contributed by atoms with Gasteiger partial charge in [0.15, 0.2) is 0 Å². The van der Waals surface area contributed by atoms with E-state index < -0.39 is 11.8 Å². The molecular weight excluding hydrogens is 270 g/mol. The summed E-state index contributed by atoms with van der Waals surface area (Å²) in [6, 6.07) is 0. The van der Waals surface area contributed by atoms with Crippen LogP contribution in [0.25, 0.3) is 0 Å². The van der Waals surface area contributed by atoms with Gasteiger partial charge < -0.3 is 5.32 Å². The molecule has 0 fully saturated rings. The molecule has 0 bridgehead atoms. The molecule has 0 saturated heterocycles. The number of nitrogens with zero attached hydrogens (tertiary/aromatic N) is 2. The molecule has 1 unspecified atom stereocenters. The van der Waals surface area contributed by atoms with Gasteiger partial charge in [0.1, 0.15) is 0 Å². The predicted molar refractivity (Wildman–Crippen MR) is 81.1 cm³/mol. The molecule has 0 radical (unpaired) electrons. The third kappa shape index (κ3) is 12.5. The summed E-state index contributed by atoms with van der Waals surface area (Å²) in [5, 5.41) is 6.09. The third-order valence-corrected chi connectivity index (χ3v) is 2.61. The standard InChI is InChI=1S/C14H23N5O2/c1-11(2)5-4-6-12(3)7-8-18-19-14(21)9-16-13(20)10-17-15/h5,8,10,12,15H,4,6-7,9H2,1-3H3,(H-,16,19,20,21)/p+1/b18-8+. The summed E-state index contributed by atoms with van der Waals surface area (Å²) in [6.45, 7) is 6.10. The van der Waals surface area contributed by atoms with Crippen molar-refractivity contribution in [2.45, 2.75) is 40.0 Å². The van der Waals surface area contributed by atoms with E-state index in [1.165, 1.54) is 5.57 Å². The minimum absolute atomic E-state index is 0.196. The number of hydrogen-bond donors (Lipinski definition) is 3. The highest BCUT2D eigenvalue weighted by Crippen LogP contribution is 2.10. The largest absolute Gasteiger partial charge is 0.394 e. The maximum Gasteiger partial charge on any atom is 0.394 e. The molecule has 7 heteroatoms. The van der Waals surface area contributed by atoms with Crippen LogP contribution in [0.5, 0.6) is 0 Å². The van der Waals surface area contributed by atoms with Gasteiger partial charge in [0, 0.05) is 6.21 Å². The van der Waals surface area contributed by atoms with Gasteiger partial charge in [-0.15, -0.1) is 0 Å². The Morgan fingerprint density at radius 2 is 2.10 bits per heavy atom. The van der Waals surface area contributed by atoms with Gasteiger partial charge in [0.05, 0.1) is 16.9 Å². The van der Waals surface area contributed by atoms with Gasteiger partial charge >= 0.3 is 12.1 Å². The van der Waals surface area contributed by atoms with Gasteiger partial charge in [-0.25, -0.2) is 5.43 Å². The second-order valence-corrected chi connectivity index (χ2v) is 5.02. The van der Waals surface area contributed by atoms with E-state index in [0.29, 0.717) is 5.92 Å². The van der Waals surface area contributed by atoms with Gasteiger partial charge in [0.25, 0.3) is 5.91 Å². The van der Waals surface area contributed by atoms with Crippen LogP contribution in [0.15, 0.2) is 16.8 Å². The highest BCUT2D eigenvalue weighted by molar-refractivity contribution is 6.24. The van der Waals surface area contributed by atoms with Crippen molar-refractivity contribution in [1.82, 2.24) is 10.7 Å². The van der Waals surface area contributed by atoms with Crippen LogP contribution in [0.4, 0.5) is 0 Å². The molecule has 21 heavy (non-hydrogen) atoms. The Kier molecular flexibility index (Phi) is 10.3. The minimum Gasteiger partial charge on any atom is -0.337 e. The molecule has 0 spiro atoms. The van der Waals surface area contributed by atoms with Crippen LogP contribution in [0, 0.1) is 11.4 Å². The lowest BCUT2D eigenvalue weighted by Crippen LogP contribution is -2.35. The Bertz CT molecular complexity index is 446. The Morgan fingerprint density at radius 3 is 2.71 bits per heavy atom. The van der Waals surface area contributed by atoms with Crippen molar-refractivity contribution in [1.29, 1.82) is 5.53 Å². The van der Waals surface area contributed by atoms with Crippen molar-refractivity contribution in [2.24, 2.45) is 11.0 Å². The number of carbonyl (C=O) groups is 2. The summed E-state index contributed by atoms with van der Waals surface area (Å²) in [7, 11) is 0. The molecule has 1 atom stereocenters. The highest BCUT2D eigenvalue weighted by atomic mass is 16.2. The fourth-order valence-corrected chi connectivity index (χ4v) is 1.44. The Balaban J connectivity index is 3.79. The van der Waals surface area contributed by atoms with Crippen LogP contribution in [-0.4, -0.2) is 35.6 Å². The number of amides is 2. The molecule has 0 aromatic rings. The van der Waals surface area contributed by atoms with Crippen molar-refractivity contribution in [2.75, 3.05) is 6.54 Å². The quantitative estimate of drug-likeness (QED) is 0.196. The van der Waals surface area contributed by atoms with Crippen LogP contribution in [0.2, 0.25) is 0 Å². The molecule has 0 rings (SSSR count). The molecule has 0 aliphatic heterocycles. The van der Waals surface area contributed by atoms with Crippen LogP contribution >= 0.6 is 0 Å². The zero-order valence-electron chi connectivity index (χ0n) is 12.8. The maximum atomic E-state index is 11.3. The summed E-state index contributed by atoms with van der Waals surface area (Å²) in [4.78, 5) is 25.0. The van der Waals surface area contributed by atoms with Gasteiger partial charge in [0.2, 0.25) is 0 Å². The number of rotatable bonds is 9. The number of allylic oxidation sites excluding steroid dienone is 2. The molecule has 7 nitrogen and oxygen atoms in total. The molecule has 0 aromatic heterocycles. The monoisotopic (exact) mass is 294 g/mol. The van der Waals surface area contributed by atoms with E-state index in [1.54, 1.807) is 6.21 Å². The van der Waals surface area contributed by atoms with E-state index in [4.69, 9.17) is 5.53 Å². The van der Waals surface area contributed by atoms with E-state index in [2.05, 4.69) is 47.5 Å². The van der Waals surface area contributed by atoms with E-state index >= 15 is 0 Å². The SMILES string of the molecule is CC(C)=CCCC(C)C/C=N/NC(=O)CNC(=O)C=[N+]=N. The summed E-state index contributed by atoms with van der Waals surface area (Å²) in [5.74, 6) is -0.513. The Hall–Kier alpha value is -2.27. The first kappa shape index (κ1) is 18.7. The number of hydrazone groups is 1. The van der Waals surface area contributed by atoms with Crippen LogP contribution in [0.1, 0.15) is 40.0 Å². The fraction of sp³-hybridized carbons (Fsp3) is 0.571. The first-order valence-corrected chi connectivity index (χ1v) is 6.87. The van der Waals surface area contributed by atoms with Crippen molar-refractivity contribution in [3.63, 3.8) is 0 Å². The van der Waals surface area contributed by atoms with Crippen molar-refractivity contribution in [3.8, 4) is 0 Å². The second-order valence-electron chi connectivity index (χ2n) is 5.02. The van der Waals surface area contributed by atoms with E-state index in [1.807, 2.05) is 0 Å². The molecule has 0 saturated carbocycles. The van der Waals surface area contributed by atoms with Crippen LogP contribution in [0.3, 0.4) is 0 Å². The third-order valence-electron chi connectivity index (χ3n) is 2.61. The van der Waals surface area contributed by atoms with Crippen molar-refractivity contribution < 1.29 is 14.4 Å². The summed E-state index contributed by atoms with van der Waals surface area (Å²) < 4.78 is 0. The second kappa shape index (κ2) is 11.5. The lowest BCUT2D eigenvalue weighted by Gasteiger charge is -2.06. The molecular formula is C14H24N5O2+. The molecule has 0 aromatic carbocycles. The topological polar surface area (TPSA) is 109 Å². The Morgan fingerprint density at radius 1 is 1.38 bits per heavy atom. The van der Waals surface area contributed by atoms with E-state index in [9.17, 15) is 9.59 Å². The fourth-order valence-electron chi connectivity index (χ4n) is 1.44. The van der Waals surface area contributed by atoms with Gasteiger partial charge in [-0.2, -0.15) is 5.10 Å². The smallest absolute Gasteiger partial charge is 0.337 e. The van der Waals surface area contributed by atoms with E-state index in [-0.39, 0.29) is 6.54 Å². The first-order chi connectivity index (χ1) is 9.95. The van der Waals surface area contributed by atoms with E-state index in [0.717, 1.165) is 25.5 Å². The molecule has 0 aliphatic rings. The Labute approximate surface area is 125 Å². The zero-order chi connectivity index (χ0) is 16.1. The minimum atomic E-state index is -0.586. The predicted octanol–water partition coefficient (Wildman–Crippen LogP) is 1.29. The number of nitrogens with one attached hydrogen (secondary N) is 3. The van der Waals surface area contributed by atoms with Gasteiger partial charge in [-0.05, 0) is 39.0 Å². The summed E-state index contributed by atoms with van der Waals surface area (Å²) >= 11 is 0. The molecule has 0 aliphatic carbocycles. The normalized spacial score (nSPS) is 11.4. The summed E-state index contributed by atoms with van der Waals surface area (Å²) in [6.07, 6.45) is 7.57. The molecule has 116 valence electrons. The average molecular weight is 294 g/mol. The average Bonchev–Trinajstić information content (AvgIpc) is 2.41. The number of carbonyl (C=O) groups excluding carboxylic acids is 2. The van der Waals surface area contributed by atoms with Gasteiger partial charge in [-0.1, -0.05) is 18.6 Å². The lowest BCUT2D eigenvalue weighted by atomic mass is 10.0. The number of hydrogen-bond acceptors (Lipinski definition) is 4. The van der Waals surface area contributed by atoms with Gasteiger partial charge in [-0.3, -0.25) is 9.59 Å². The first-order valence-electron chi connectivity index (χ1n) is 6.87. The zero-order valence-corrected chi connectivity index (χ0v) is 12.8. The van der Waals surface area contributed by atoms with Crippen molar-refractivity contribution >= 4 is 24.2 Å².